The van der Waals surface area contributed by atoms with E-state index in [1.807, 2.05) is 18.2 Å². The number of nitro benzene ring substituents is 1. The molecular weight excluding hydrogens is 352 g/mol. The first-order valence-electron chi connectivity index (χ1n) is 8.34. The third kappa shape index (κ3) is 4.60. The summed E-state index contributed by atoms with van der Waals surface area (Å²) < 4.78 is 5.24. The molecule has 2 rings (SSSR count). The van der Waals surface area contributed by atoms with Gasteiger partial charge in [0.15, 0.2) is 0 Å². The van der Waals surface area contributed by atoms with Crippen LogP contribution < -0.4 is 10.1 Å². The largest absolute Gasteiger partial charge is 0.496 e. The molecule has 0 aliphatic rings. The summed E-state index contributed by atoms with van der Waals surface area (Å²) >= 11 is 0. The SMILES string of the molecule is CCc1c(C(=O)O)ccc([N+](=O)[O-])c1NC(=O)CCc1ccccc1OC. The van der Waals surface area contributed by atoms with Gasteiger partial charge in [0.25, 0.3) is 5.69 Å². The predicted molar refractivity (Wildman–Crippen MR) is 99.4 cm³/mol. The highest BCUT2D eigenvalue weighted by Gasteiger charge is 2.24. The van der Waals surface area contributed by atoms with Crippen LogP contribution in [0.5, 0.6) is 5.75 Å². The van der Waals surface area contributed by atoms with E-state index in [0.717, 1.165) is 11.6 Å². The van der Waals surface area contributed by atoms with Gasteiger partial charge in [0, 0.05) is 12.5 Å². The van der Waals surface area contributed by atoms with E-state index < -0.39 is 16.8 Å². The number of nitro groups is 1. The van der Waals surface area contributed by atoms with E-state index in [4.69, 9.17) is 4.74 Å². The zero-order valence-electron chi connectivity index (χ0n) is 15.0. The average molecular weight is 372 g/mol. The summed E-state index contributed by atoms with van der Waals surface area (Å²) in [5.74, 6) is -0.995. The summed E-state index contributed by atoms with van der Waals surface area (Å²) in [6.45, 7) is 1.68. The lowest BCUT2D eigenvalue weighted by molar-refractivity contribution is -0.384. The van der Waals surface area contributed by atoms with Crippen LogP contribution in [0, 0.1) is 10.1 Å². The highest BCUT2D eigenvalue weighted by molar-refractivity contribution is 5.98. The van der Waals surface area contributed by atoms with Crippen molar-refractivity contribution in [2.45, 2.75) is 26.2 Å². The Bertz CT molecular complexity index is 878. The summed E-state index contributed by atoms with van der Waals surface area (Å²) in [6.07, 6.45) is 0.674. The number of carboxylic acids is 1. The number of hydrogen-bond acceptors (Lipinski definition) is 5. The fourth-order valence-corrected chi connectivity index (χ4v) is 2.85. The van der Waals surface area contributed by atoms with E-state index in [-0.39, 0.29) is 35.3 Å². The minimum absolute atomic E-state index is 0.0626. The van der Waals surface area contributed by atoms with Gasteiger partial charge in [-0.1, -0.05) is 25.1 Å². The lowest BCUT2D eigenvalue weighted by atomic mass is 10.0. The zero-order valence-corrected chi connectivity index (χ0v) is 15.0. The Morgan fingerprint density at radius 2 is 1.93 bits per heavy atom. The van der Waals surface area contributed by atoms with Crippen molar-refractivity contribution in [2.75, 3.05) is 12.4 Å². The molecule has 0 aliphatic heterocycles. The second kappa shape index (κ2) is 8.79. The van der Waals surface area contributed by atoms with Gasteiger partial charge >= 0.3 is 5.97 Å². The van der Waals surface area contributed by atoms with Gasteiger partial charge in [-0.2, -0.15) is 0 Å². The van der Waals surface area contributed by atoms with Gasteiger partial charge in [0.1, 0.15) is 11.4 Å². The third-order valence-corrected chi connectivity index (χ3v) is 4.15. The Morgan fingerprint density at radius 1 is 1.22 bits per heavy atom. The maximum absolute atomic E-state index is 12.4. The van der Waals surface area contributed by atoms with E-state index >= 15 is 0 Å². The molecule has 2 aromatic rings. The van der Waals surface area contributed by atoms with E-state index in [0.29, 0.717) is 12.2 Å². The van der Waals surface area contributed by atoms with Crippen molar-refractivity contribution in [1.82, 2.24) is 0 Å². The molecule has 0 saturated carbocycles. The number of amides is 1. The van der Waals surface area contributed by atoms with Crippen molar-refractivity contribution in [2.24, 2.45) is 0 Å². The zero-order chi connectivity index (χ0) is 20.0. The maximum Gasteiger partial charge on any atom is 0.336 e. The van der Waals surface area contributed by atoms with Crippen LogP contribution in [0.3, 0.4) is 0 Å². The number of anilines is 1. The molecule has 0 aromatic heterocycles. The van der Waals surface area contributed by atoms with Gasteiger partial charge in [-0.3, -0.25) is 14.9 Å². The number of rotatable bonds is 8. The number of carboxylic acid groups (broad SMARTS) is 1. The summed E-state index contributed by atoms with van der Waals surface area (Å²) in [4.78, 5) is 34.4. The highest BCUT2D eigenvalue weighted by atomic mass is 16.6. The van der Waals surface area contributed by atoms with E-state index in [9.17, 15) is 24.8 Å². The number of carbonyl (C=O) groups excluding carboxylic acids is 1. The summed E-state index contributed by atoms with van der Waals surface area (Å²) in [7, 11) is 1.53. The van der Waals surface area contributed by atoms with E-state index in [2.05, 4.69) is 5.32 Å². The number of nitrogens with one attached hydrogen (secondary N) is 1. The summed E-state index contributed by atoms with van der Waals surface area (Å²) in [5, 5.41) is 23.1. The molecule has 2 aromatic carbocycles. The van der Waals surface area contributed by atoms with E-state index in [1.54, 1.807) is 13.0 Å². The van der Waals surface area contributed by atoms with Crippen LogP contribution in [0.2, 0.25) is 0 Å². The van der Waals surface area contributed by atoms with Crippen molar-refractivity contribution < 1.29 is 24.4 Å². The number of aromatic carboxylic acids is 1. The molecule has 0 aliphatic carbocycles. The molecule has 1 amide bonds. The Kier molecular flexibility index (Phi) is 6.48. The molecular formula is C19H20N2O6. The topological polar surface area (TPSA) is 119 Å². The first-order valence-corrected chi connectivity index (χ1v) is 8.34. The second-order valence-corrected chi connectivity index (χ2v) is 5.76. The fourth-order valence-electron chi connectivity index (χ4n) is 2.85. The van der Waals surface area contributed by atoms with Crippen LogP contribution >= 0.6 is 0 Å². The van der Waals surface area contributed by atoms with Gasteiger partial charge < -0.3 is 15.2 Å². The Balaban J connectivity index is 2.27. The van der Waals surface area contributed by atoms with Gasteiger partial charge in [-0.15, -0.1) is 0 Å². The Labute approximate surface area is 155 Å². The minimum Gasteiger partial charge on any atom is -0.496 e. The second-order valence-electron chi connectivity index (χ2n) is 5.76. The average Bonchev–Trinajstić information content (AvgIpc) is 2.65. The van der Waals surface area contributed by atoms with Crippen LogP contribution in [-0.4, -0.2) is 29.0 Å². The van der Waals surface area contributed by atoms with Crippen LogP contribution in [0.1, 0.15) is 34.8 Å². The van der Waals surface area contributed by atoms with E-state index in [1.165, 1.54) is 13.2 Å². The molecule has 8 heteroatoms. The van der Waals surface area contributed by atoms with Gasteiger partial charge in [0.05, 0.1) is 17.6 Å². The molecule has 0 saturated heterocycles. The van der Waals surface area contributed by atoms with Crippen LogP contribution in [0.4, 0.5) is 11.4 Å². The Morgan fingerprint density at radius 3 is 2.52 bits per heavy atom. The van der Waals surface area contributed by atoms with Crippen molar-refractivity contribution >= 4 is 23.3 Å². The number of ether oxygens (including phenoxy) is 1. The first kappa shape index (κ1) is 19.9. The van der Waals surface area contributed by atoms with Crippen molar-refractivity contribution in [1.29, 1.82) is 0 Å². The van der Waals surface area contributed by atoms with Crippen molar-refractivity contribution in [3.8, 4) is 5.75 Å². The molecule has 0 fully saturated rings. The third-order valence-electron chi connectivity index (χ3n) is 4.15. The lowest BCUT2D eigenvalue weighted by Gasteiger charge is -2.13. The minimum atomic E-state index is -1.20. The molecule has 0 unspecified atom stereocenters. The van der Waals surface area contributed by atoms with Gasteiger partial charge in [-0.25, -0.2) is 4.79 Å². The number of benzene rings is 2. The fraction of sp³-hybridized carbons (Fsp3) is 0.263. The maximum atomic E-state index is 12.4. The molecule has 0 spiro atoms. The van der Waals surface area contributed by atoms with Crippen LogP contribution in [-0.2, 0) is 17.6 Å². The van der Waals surface area contributed by atoms with Gasteiger partial charge in [-0.05, 0) is 36.1 Å². The smallest absolute Gasteiger partial charge is 0.336 e. The Hall–Kier alpha value is -3.42. The van der Waals surface area contributed by atoms with Crippen LogP contribution in [0.15, 0.2) is 36.4 Å². The molecule has 27 heavy (non-hydrogen) atoms. The standard InChI is InChI=1S/C19H20N2O6/c1-3-13-14(19(23)24)9-10-15(21(25)26)18(13)20-17(22)11-8-12-6-4-5-7-16(12)27-2/h4-7,9-10H,3,8,11H2,1-2H3,(H,20,22)(H,23,24). The van der Waals surface area contributed by atoms with Crippen molar-refractivity contribution in [3.05, 3.63) is 63.2 Å². The number of aryl methyl sites for hydroxylation is 1. The molecule has 142 valence electrons. The number of para-hydroxylation sites is 1. The molecule has 0 heterocycles. The number of hydrogen-bond donors (Lipinski definition) is 2. The lowest BCUT2D eigenvalue weighted by Crippen LogP contribution is -2.17. The quantitative estimate of drug-likeness (QED) is 0.541. The van der Waals surface area contributed by atoms with Crippen LogP contribution in [0.25, 0.3) is 0 Å². The van der Waals surface area contributed by atoms with Gasteiger partial charge in [0.2, 0.25) is 5.91 Å². The number of methoxy groups -OCH3 is 1. The normalized spacial score (nSPS) is 10.3. The number of carbonyl (C=O) groups is 2. The molecule has 0 radical (unpaired) electrons. The molecule has 0 bridgehead atoms. The summed E-state index contributed by atoms with van der Waals surface area (Å²) in [5.41, 5.74) is 0.597. The molecule has 0 atom stereocenters. The predicted octanol–water partition coefficient (Wildman–Crippen LogP) is 3.44. The number of nitrogens with zero attached hydrogens (tertiary/aromatic N) is 1. The van der Waals surface area contributed by atoms with Crippen molar-refractivity contribution in [3.63, 3.8) is 0 Å². The molecule has 8 nitrogen and oxygen atoms in total. The monoisotopic (exact) mass is 372 g/mol. The molecule has 2 N–H and O–H groups in total. The first-order chi connectivity index (χ1) is 12.9. The highest BCUT2D eigenvalue weighted by Crippen LogP contribution is 2.32. The summed E-state index contributed by atoms with van der Waals surface area (Å²) in [6, 6.07) is 9.53.